The first-order chi connectivity index (χ1) is 16.9. The Kier molecular flexibility index (Phi) is 6.15. The third-order valence-electron chi connectivity index (χ3n) is 6.55. The molecule has 3 heterocycles. The van der Waals surface area contributed by atoms with Crippen molar-refractivity contribution in [1.82, 2.24) is 19.9 Å². The molecule has 5 rings (SSSR count). The van der Waals surface area contributed by atoms with Crippen LogP contribution in [0.2, 0.25) is 0 Å². The van der Waals surface area contributed by atoms with Gasteiger partial charge in [-0.2, -0.15) is 4.98 Å². The lowest BCUT2D eigenvalue weighted by atomic mass is 9.89. The number of carbonyl (C=O) groups is 1. The minimum Gasteiger partial charge on any atom is -0.424 e. The molecular formula is C26H25F2N5O2. The van der Waals surface area contributed by atoms with Crippen LogP contribution in [0.1, 0.15) is 35.7 Å². The van der Waals surface area contributed by atoms with Crippen molar-refractivity contribution in [1.29, 1.82) is 0 Å². The SMILES string of the molecule is Cc1ccc(F)c(C(=O)N2CCC[C@@H](C)[C@H]2CNc2nc3cc(F)ccc3o2)c1-c1ncccn1. The summed E-state index contributed by atoms with van der Waals surface area (Å²) in [5, 5.41) is 3.15. The Bertz CT molecular complexity index is 1380. The van der Waals surface area contributed by atoms with Gasteiger partial charge in [0.05, 0.1) is 11.6 Å². The fourth-order valence-corrected chi connectivity index (χ4v) is 4.73. The van der Waals surface area contributed by atoms with Crippen LogP contribution in [0.5, 0.6) is 0 Å². The summed E-state index contributed by atoms with van der Waals surface area (Å²) in [7, 11) is 0. The topological polar surface area (TPSA) is 84.2 Å². The molecule has 35 heavy (non-hydrogen) atoms. The lowest BCUT2D eigenvalue weighted by Crippen LogP contribution is -2.51. The highest BCUT2D eigenvalue weighted by Crippen LogP contribution is 2.32. The lowest BCUT2D eigenvalue weighted by Gasteiger charge is -2.40. The van der Waals surface area contributed by atoms with Gasteiger partial charge in [0.1, 0.15) is 17.2 Å². The number of carbonyl (C=O) groups excluding carboxylic acids is 1. The number of benzene rings is 2. The maximum absolute atomic E-state index is 15.2. The van der Waals surface area contributed by atoms with Gasteiger partial charge < -0.3 is 14.6 Å². The molecule has 0 spiro atoms. The zero-order valence-corrected chi connectivity index (χ0v) is 19.5. The van der Waals surface area contributed by atoms with Gasteiger partial charge in [0, 0.05) is 37.1 Å². The third-order valence-corrected chi connectivity index (χ3v) is 6.55. The number of oxazole rings is 1. The van der Waals surface area contributed by atoms with Gasteiger partial charge in [0.2, 0.25) is 0 Å². The first-order valence-corrected chi connectivity index (χ1v) is 11.6. The highest BCUT2D eigenvalue weighted by Gasteiger charge is 2.35. The van der Waals surface area contributed by atoms with E-state index in [4.69, 9.17) is 4.42 Å². The van der Waals surface area contributed by atoms with E-state index in [0.29, 0.717) is 35.6 Å². The maximum Gasteiger partial charge on any atom is 0.295 e. The summed E-state index contributed by atoms with van der Waals surface area (Å²) < 4.78 is 34.4. The van der Waals surface area contributed by atoms with Gasteiger partial charge >= 0.3 is 0 Å². The van der Waals surface area contributed by atoms with E-state index in [-0.39, 0.29) is 23.5 Å². The summed E-state index contributed by atoms with van der Waals surface area (Å²) in [6, 6.07) is 8.77. The van der Waals surface area contributed by atoms with Crippen LogP contribution in [0.25, 0.3) is 22.5 Å². The van der Waals surface area contributed by atoms with Crippen molar-refractivity contribution >= 4 is 23.0 Å². The van der Waals surface area contributed by atoms with Crippen LogP contribution in [-0.2, 0) is 0 Å². The highest BCUT2D eigenvalue weighted by atomic mass is 19.1. The molecule has 0 unspecified atom stereocenters. The molecule has 4 aromatic rings. The number of nitrogens with one attached hydrogen (secondary N) is 1. The van der Waals surface area contributed by atoms with Crippen LogP contribution in [0.4, 0.5) is 14.8 Å². The number of aromatic nitrogens is 3. The third kappa shape index (κ3) is 4.45. The average Bonchev–Trinajstić information content (AvgIpc) is 3.26. The van der Waals surface area contributed by atoms with Crippen LogP contribution in [-0.4, -0.2) is 44.9 Å². The molecule has 1 amide bonds. The summed E-state index contributed by atoms with van der Waals surface area (Å²) in [5.41, 5.74) is 1.98. The number of fused-ring (bicyclic) bond motifs is 1. The minimum absolute atomic E-state index is 0.0207. The van der Waals surface area contributed by atoms with Crippen molar-refractivity contribution in [2.24, 2.45) is 5.92 Å². The first kappa shape index (κ1) is 22.9. The van der Waals surface area contributed by atoms with Gasteiger partial charge in [0.25, 0.3) is 11.9 Å². The predicted molar refractivity (Wildman–Crippen MR) is 128 cm³/mol. The van der Waals surface area contributed by atoms with E-state index < -0.39 is 17.5 Å². The predicted octanol–water partition coefficient (Wildman–Crippen LogP) is 5.22. The number of piperidine rings is 1. The number of rotatable bonds is 5. The summed E-state index contributed by atoms with van der Waals surface area (Å²) >= 11 is 0. The van der Waals surface area contributed by atoms with Crippen LogP contribution in [0.3, 0.4) is 0 Å². The summed E-state index contributed by atoms with van der Waals surface area (Å²) in [6.07, 6.45) is 4.89. The monoisotopic (exact) mass is 477 g/mol. The molecule has 9 heteroatoms. The van der Waals surface area contributed by atoms with Gasteiger partial charge in [-0.3, -0.25) is 4.79 Å². The normalized spacial score (nSPS) is 18.1. The lowest BCUT2D eigenvalue weighted by molar-refractivity contribution is 0.0535. The average molecular weight is 478 g/mol. The Balaban J connectivity index is 1.45. The largest absolute Gasteiger partial charge is 0.424 e. The van der Waals surface area contributed by atoms with E-state index in [1.54, 1.807) is 29.4 Å². The van der Waals surface area contributed by atoms with Crippen molar-refractivity contribution in [3.8, 4) is 11.4 Å². The van der Waals surface area contributed by atoms with Crippen LogP contribution < -0.4 is 5.32 Å². The molecule has 1 aliphatic rings. The number of aryl methyl sites for hydroxylation is 1. The van der Waals surface area contributed by atoms with Gasteiger partial charge in [-0.1, -0.05) is 13.0 Å². The number of nitrogens with zero attached hydrogens (tertiary/aromatic N) is 4. The van der Waals surface area contributed by atoms with E-state index in [9.17, 15) is 9.18 Å². The molecule has 2 aromatic carbocycles. The van der Waals surface area contributed by atoms with Crippen LogP contribution in [0, 0.1) is 24.5 Å². The second kappa shape index (κ2) is 9.40. The van der Waals surface area contributed by atoms with Gasteiger partial charge in [-0.05, 0) is 55.5 Å². The molecule has 7 nitrogen and oxygen atoms in total. The smallest absolute Gasteiger partial charge is 0.295 e. The summed E-state index contributed by atoms with van der Waals surface area (Å²) in [6.45, 7) is 4.74. The number of hydrogen-bond donors (Lipinski definition) is 1. The number of likely N-dealkylation sites (tertiary alicyclic amines) is 1. The van der Waals surface area contributed by atoms with E-state index in [1.165, 1.54) is 24.3 Å². The van der Waals surface area contributed by atoms with Gasteiger partial charge in [-0.25, -0.2) is 18.7 Å². The van der Waals surface area contributed by atoms with Crippen molar-refractivity contribution in [2.45, 2.75) is 32.7 Å². The Labute approximate surface area is 201 Å². The molecule has 0 radical (unpaired) electrons. The maximum atomic E-state index is 15.2. The Hall–Kier alpha value is -3.88. The summed E-state index contributed by atoms with van der Waals surface area (Å²) in [5.74, 6) is -0.924. The molecule has 180 valence electrons. The Morgan fingerprint density at radius 3 is 2.80 bits per heavy atom. The Morgan fingerprint density at radius 2 is 2.00 bits per heavy atom. The molecule has 0 aliphatic carbocycles. The van der Waals surface area contributed by atoms with Crippen LogP contribution in [0.15, 0.2) is 53.2 Å². The quantitative estimate of drug-likeness (QED) is 0.424. The molecular weight excluding hydrogens is 452 g/mol. The fourth-order valence-electron chi connectivity index (χ4n) is 4.73. The van der Waals surface area contributed by atoms with Crippen molar-refractivity contribution in [3.05, 3.63) is 71.6 Å². The second-order valence-corrected chi connectivity index (χ2v) is 8.88. The molecule has 0 saturated carbocycles. The zero-order chi connectivity index (χ0) is 24.5. The van der Waals surface area contributed by atoms with E-state index in [0.717, 1.165) is 18.4 Å². The van der Waals surface area contributed by atoms with Crippen LogP contribution >= 0.6 is 0 Å². The van der Waals surface area contributed by atoms with Crippen molar-refractivity contribution < 1.29 is 18.0 Å². The van der Waals surface area contributed by atoms with Gasteiger partial charge in [0.15, 0.2) is 11.4 Å². The molecule has 1 aliphatic heterocycles. The van der Waals surface area contributed by atoms with E-state index in [1.807, 2.05) is 6.92 Å². The number of anilines is 1. The van der Waals surface area contributed by atoms with E-state index >= 15 is 4.39 Å². The number of hydrogen-bond acceptors (Lipinski definition) is 6. The number of amides is 1. The molecule has 1 saturated heterocycles. The van der Waals surface area contributed by atoms with Gasteiger partial charge in [-0.15, -0.1) is 0 Å². The zero-order valence-electron chi connectivity index (χ0n) is 19.5. The van der Waals surface area contributed by atoms with Crippen molar-refractivity contribution in [3.63, 3.8) is 0 Å². The molecule has 1 fully saturated rings. The first-order valence-electron chi connectivity index (χ1n) is 11.6. The fraction of sp³-hybridized carbons (Fsp3) is 0.308. The highest BCUT2D eigenvalue weighted by molar-refractivity contribution is 6.01. The van der Waals surface area contributed by atoms with Crippen molar-refractivity contribution in [2.75, 3.05) is 18.4 Å². The Morgan fingerprint density at radius 1 is 1.20 bits per heavy atom. The second-order valence-electron chi connectivity index (χ2n) is 8.88. The number of halogens is 2. The van der Waals surface area contributed by atoms with E-state index in [2.05, 4.69) is 27.2 Å². The summed E-state index contributed by atoms with van der Waals surface area (Å²) in [4.78, 5) is 28.4. The standard InChI is InChI=1S/C26H25F2N5O2/c1-15-5-3-12-33(20(15)14-31-26-32-19-13-17(27)7-9-21(19)35-26)25(34)23-18(28)8-6-16(2)22(23)24-29-10-4-11-30-24/h4,6-11,13,15,20H,3,5,12,14H2,1-2H3,(H,31,32)/t15-,20-/m1/s1. The molecule has 2 atom stereocenters. The molecule has 1 N–H and O–H groups in total. The molecule has 0 bridgehead atoms. The minimum atomic E-state index is -0.603. The molecule has 2 aromatic heterocycles.